The number of nitrogens with one attached hydrogen (secondary N) is 3. The van der Waals surface area contributed by atoms with Crippen molar-refractivity contribution in [3.8, 4) is 6.07 Å². The number of carbonyl (C=O) groups excluding carboxylic acids is 2. The number of carbonyl (C=O) groups is 2. The number of rotatable bonds is 9. The third-order valence-electron chi connectivity index (χ3n) is 9.27. The number of likely N-dealkylation sites (tertiary alicyclic amines) is 1. The molecule has 11 nitrogen and oxygen atoms in total. The molecule has 3 amide bonds. The summed E-state index contributed by atoms with van der Waals surface area (Å²) in [5, 5.41) is 24.0. The number of para-hydroxylation sites is 1. The highest BCUT2D eigenvalue weighted by atomic mass is 16.2. The average molecular weight is 628 g/mol. The van der Waals surface area contributed by atoms with E-state index in [9.17, 15) is 14.9 Å². The number of benzene rings is 3. The van der Waals surface area contributed by atoms with Crippen molar-refractivity contribution in [2.24, 2.45) is 0 Å². The molecule has 2 aromatic heterocycles. The van der Waals surface area contributed by atoms with Gasteiger partial charge >= 0.3 is 6.03 Å². The van der Waals surface area contributed by atoms with Crippen molar-refractivity contribution in [1.29, 1.82) is 5.26 Å². The molecule has 2 aliphatic heterocycles. The Morgan fingerprint density at radius 3 is 2.81 bits per heavy atom. The molecule has 1 atom stereocenters. The molecular formula is C36H37N9O2. The van der Waals surface area contributed by atoms with E-state index in [1.54, 1.807) is 12.3 Å². The van der Waals surface area contributed by atoms with Crippen LogP contribution >= 0.6 is 0 Å². The van der Waals surface area contributed by atoms with Gasteiger partial charge in [-0.15, -0.1) is 0 Å². The third kappa shape index (κ3) is 6.59. The Labute approximate surface area is 273 Å². The summed E-state index contributed by atoms with van der Waals surface area (Å²) >= 11 is 0. The van der Waals surface area contributed by atoms with E-state index in [-0.39, 0.29) is 30.6 Å². The van der Waals surface area contributed by atoms with Crippen LogP contribution in [-0.4, -0.2) is 67.2 Å². The number of aromatic nitrogens is 4. The molecule has 3 aromatic carbocycles. The molecule has 4 heterocycles. The van der Waals surface area contributed by atoms with Crippen molar-refractivity contribution in [2.45, 2.75) is 51.4 Å². The number of aromatic amines is 1. The first-order valence-corrected chi connectivity index (χ1v) is 16.0. The zero-order valence-electron chi connectivity index (χ0n) is 26.3. The van der Waals surface area contributed by atoms with Crippen molar-refractivity contribution in [1.82, 2.24) is 34.9 Å². The predicted molar refractivity (Wildman–Crippen MR) is 178 cm³/mol. The Morgan fingerprint density at radius 1 is 1.11 bits per heavy atom. The Morgan fingerprint density at radius 2 is 1.96 bits per heavy atom. The van der Waals surface area contributed by atoms with E-state index in [0.29, 0.717) is 25.1 Å². The number of nitrogens with zero attached hydrogens (tertiary/aromatic N) is 6. The van der Waals surface area contributed by atoms with Crippen LogP contribution in [0.4, 0.5) is 10.5 Å². The maximum absolute atomic E-state index is 13.7. The van der Waals surface area contributed by atoms with Crippen molar-refractivity contribution in [3.05, 3.63) is 113 Å². The second kappa shape index (κ2) is 13.1. The van der Waals surface area contributed by atoms with Crippen LogP contribution in [-0.2, 0) is 24.3 Å². The van der Waals surface area contributed by atoms with E-state index in [1.807, 2.05) is 58.3 Å². The van der Waals surface area contributed by atoms with E-state index >= 15 is 0 Å². The molecule has 1 saturated heterocycles. The van der Waals surface area contributed by atoms with E-state index in [1.165, 1.54) is 0 Å². The standard InChI is InChI=1S/C36H37N9O2/c1-24-15-27(17-29-20-39-42-34(24)29)18-32(35-38-11-14-44(35)21-26-6-4-5-25(16-26)19-37)40-33(46)23-43-12-9-30(10-13-43)45-22-28-7-2-3-8-31(28)41-36(45)47/h2-8,11,14-17,20,30,32H,9-10,12-13,18,21-23H2,1H3,(H,39,42)(H,40,46)(H,41,47). The first kappa shape index (κ1) is 30.2. The van der Waals surface area contributed by atoms with Crippen LogP contribution in [0.5, 0.6) is 0 Å². The van der Waals surface area contributed by atoms with Gasteiger partial charge in [0.15, 0.2) is 0 Å². The fraction of sp³-hybridized carbons (Fsp3) is 0.306. The Kier molecular flexibility index (Phi) is 8.42. The van der Waals surface area contributed by atoms with Crippen LogP contribution in [0.15, 0.2) is 79.3 Å². The molecule has 47 heavy (non-hydrogen) atoms. The molecule has 0 spiro atoms. The lowest BCUT2D eigenvalue weighted by Gasteiger charge is -2.40. The van der Waals surface area contributed by atoms with Gasteiger partial charge in [-0.05, 0) is 72.7 Å². The third-order valence-corrected chi connectivity index (χ3v) is 9.27. The van der Waals surface area contributed by atoms with Crippen molar-refractivity contribution in [2.75, 3.05) is 25.0 Å². The number of piperidine rings is 1. The predicted octanol–water partition coefficient (Wildman–Crippen LogP) is 4.90. The number of amides is 3. The van der Waals surface area contributed by atoms with Gasteiger partial charge in [0.05, 0.1) is 35.9 Å². The first-order valence-electron chi connectivity index (χ1n) is 16.0. The number of aryl methyl sites for hydroxylation is 1. The highest BCUT2D eigenvalue weighted by Gasteiger charge is 2.32. The summed E-state index contributed by atoms with van der Waals surface area (Å²) in [5.74, 6) is 0.681. The van der Waals surface area contributed by atoms with Crippen LogP contribution < -0.4 is 10.6 Å². The first-order chi connectivity index (χ1) is 22.9. The molecule has 2 aliphatic rings. The summed E-state index contributed by atoms with van der Waals surface area (Å²) in [6.07, 6.45) is 7.66. The van der Waals surface area contributed by atoms with E-state index in [2.05, 4.69) is 56.9 Å². The van der Waals surface area contributed by atoms with Gasteiger partial charge in [-0.2, -0.15) is 10.4 Å². The monoisotopic (exact) mass is 627 g/mol. The summed E-state index contributed by atoms with van der Waals surface area (Å²) in [7, 11) is 0. The molecular weight excluding hydrogens is 590 g/mol. The molecule has 0 radical (unpaired) electrons. The van der Waals surface area contributed by atoms with Crippen LogP contribution in [0.1, 0.15) is 52.5 Å². The SMILES string of the molecule is Cc1cc(CC(NC(=O)CN2CCC(N3Cc4ccccc4NC3=O)CC2)c2nccn2Cc2cccc(C#N)c2)cc2cn[nH]c12. The Balaban J connectivity index is 1.05. The molecule has 11 heteroatoms. The van der Waals surface area contributed by atoms with E-state index in [0.717, 1.165) is 70.6 Å². The number of urea groups is 1. The number of hydrogen-bond donors (Lipinski definition) is 3. The number of fused-ring (bicyclic) bond motifs is 2. The molecule has 1 unspecified atom stereocenters. The lowest BCUT2D eigenvalue weighted by Crippen LogP contribution is -2.51. The molecule has 3 N–H and O–H groups in total. The summed E-state index contributed by atoms with van der Waals surface area (Å²) in [4.78, 5) is 35.3. The molecule has 0 aliphatic carbocycles. The fourth-order valence-corrected chi connectivity index (χ4v) is 6.92. The van der Waals surface area contributed by atoms with Crippen LogP contribution in [0.25, 0.3) is 10.9 Å². The van der Waals surface area contributed by atoms with Gasteiger partial charge in [0.25, 0.3) is 0 Å². The second-order valence-corrected chi connectivity index (χ2v) is 12.5. The Bertz CT molecular complexity index is 1960. The van der Waals surface area contributed by atoms with Gasteiger partial charge in [0.2, 0.25) is 5.91 Å². The van der Waals surface area contributed by atoms with Gasteiger partial charge in [0, 0.05) is 55.7 Å². The van der Waals surface area contributed by atoms with E-state index < -0.39 is 0 Å². The number of nitriles is 1. The van der Waals surface area contributed by atoms with Crippen LogP contribution in [0, 0.1) is 18.3 Å². The van der Waals surface area contributed by atoms with Gasteiger partial charge in [-0.3, -0.25) is 14.8 Å². The summed E-state index contributed by atoms with van der Waals surface area (Å²) in [6, 6.07) is 21.6. The lowest BCUT2D eigenvalue weighted by atomic mass is 10.00. The summed E-state index contributed by atoms with van der Waals surface area (Å²) in [6.45, 7) is 4.91. The fourth-order valence-electron chi connectivity index (χ4n) is 6.92. The normalized spacial score (nSPS) is 16.0. The number of hydrogen-bond acceptors (Lipinski definition) is 6. The topological polar surface area (TPSA) is 135 Å². The molecule has 238 valence electrons. The molecule has 5 aromatic rings. The van der Waals surface area contributed by atoms with Crippen molar-refractivity contribution in [3.63, 3.8) is 0 Å². The summed E-state index contributed by atoms with van der Waals surface area (Å²) in [5.41, 5.74) is 6.76. The quantitative estimate of drug-likeness (QED) is 0.213. The van der Waals surface area contributed by atoms with Gasteiger partial charge < -0.3 is 20.1 Å². The molecule has 1 fully saturated rings. The van der Waals surface area contributed by atoms with Gasteiger partial charge in [-0.25, -0.2) is 9.78 Å². The van der Waals surface area contributed by atoms with Gasteiger partial charge in [-0.1, -0.05) is 36.4 Å². The van der Waals surface area contributed by atoms with E-state index in [4.69, 9.17) is 4.98 Å². The minimum atomic E-state index is -0.380. The van der Waals surface area contributed by atoms with Crippen LogP contribution in [0.2, 0.25) is 0 Å². The highest BCUT2D eigenvalue weighted by Crippen LogP contribution is 2.28. The minimum absolute atomic E-state index is 0.0542. The van der Waals surface area contributed by atoms with Gasteiger partial charge in [0.1, 0.15) is 5.82 Å². The number of anilines is 1. The number of imidazole rings is 1. The lowest BCUT2D eigenvalue weighted by molar-refractivity contribution is -0.123. The van der Waals surface area contributed by atoms with Crippen molar-refractivity contribution < 1.29 is 9.59 Å². The average Bonchev–Trinajstić information content (AvgIpc) is 3.75. The van der Waals surface area contributed by atoms with Crippen LogP contribution in [0.3, 0.4) is 0 Å². The zero-order valence-corrected chi connectivity index (χ0v) is 26.3. The highest BCUT2D eigenvalue weighted by molar-refractivity contribution is 5.92. The van der Waals surface area contributed by atoms with Crippen molar-refractivity contribution >= 4 is 28.5 Å². The Hall–Kier alpha value is -5.47. The summed E-state index contributed by atoms with van der Waals surface area (Å²) < 4.78 is 2.04. The molecule has 0 bridgehead atoms. The smallest absolute Gasteiger partial charge is 0.322 e. The zero-order chi connectivity index (χ0) is 32.3. The maximum atomic E-state index is 13.7. The maximum Gasteiger partial charge on any atom is 0.322 e. The number of H-pyrrole nitrogens is 1. The molecule has 7 rings (SSSR count). The molecule has 0 saturated carbocycles. The second-order valence-electron chi connectivity index (χ2n) is 12.5. The minimum Gasteiger partial charge on any atom is -0.345 e. The largest absolute Gasteiger partial charge is 0.345 e.